The van der Waals surface area contributed by atoms with E-state index in [1.54, 1.807) is 0 Å². The van der Waals surface area contributed by atoms with Crippen LogP contribution in [0.4, 0.5) is 4.39 Å². The van der Waals surface area contributed by atoms with Crippen molar-refractivity contribution < 1.29 is 4.39 Å². The van der Waals surface area contributed by atoms with E-state index in [0.29, 0.717) is 12.8 Å². The Balaban J connectivity index is 2.63. The fourth-order valence-corrected chi connectivity index (χ4v) is 2.68. The maximum Gasteiger partial charge on any atom is 0.330 e. The van der Waals surface area contributed by atoms with Crippen LogP contribution in [0.1, 0.15) is 39.0 Å². The zero-order valence-corrected chi connectivity index (χ0v) is 10.3. The molecule has 0 atom stereocenters. The van der Waals surface area contributed by atoms with E-state index in [0.717, 1.165) is 23.8 Å². The van der Waals surface area contributed by atoms with Crippen LogP contribution in [0.15, 0.2) is 9.59 Å². The van der Waals surface area contributed by atoms with E-state index in [4.69, 9.17) is 11.6 Å². The third-order valence-electron chi connectivity index (χ3n) is 3.47. The van der Waals surface area contributed by atoms with Crippen molar-refractivity contribution >= 4 is 11.6 Å². The second kappa shape index (κ2) is 4.29. The van der Waals surface area contributed by atoms with E-state index in [1.165, 1.54) is 0 Å². The monoisotopic (exact) mass is 260 g/mol. The van der Waals surface area contributed by atoms with Gasteiger partial charge in [-0.1, -0.05) is 30.9 Å². The summed E-state index contributed by atoms with van der Waals surface area (Å²) in [4.78, 5) is 25.7. The fraction of sp³-hybridized carbons (Fsp3) is 0.636. The molecule has 17 heavy (non-hydrogen) atoms. The van der Waals surface area contributed by atoms with Crippen molar-refractivity contribution in [3.63, 3.8) is 0 Å². The molecule has 1 heterocycles. The first kappa shape index (κ1) is 12.4. The van der Waals surface area contributed by atoms with Crippen LogP contribution in [0.3, 0.4) is 0 Å². The van der Waals surface area contributed by atoms with Crippen molar-refractivity contribution in [3.8, 4) is 0 Å². The maximum atomic E-state index is 13.5. The molecular formula is C11H14ClFN2O2. The summed E-state index contributed by atoms with van der Waals surface area (Å²) in [6, 6.07) is 0. The molecule has 0 bridgehead atoms. The van der Waals surface area contributed by atoms with Gasteiger partial charge in [-0.05, 0) is 19.8 Å². The average molecular weight is 261 g/mol. The average Bonchev–Trinajstić information content (AvgIpc) is 2.26. The van der Waals surface area contributed by atoms with Crippen LogP contribution in [-0.4, -0.2) is 9.55 Å². The van der Waals surface area contributed by atoms with Gasteiger partial charge >= 0.3 is 5.69 Å². The standard InChI is InChI=1S/C11H14ClFN2O2/c1-11(5-3-2-4-6-11)15-9(16)7(13)8(12)14-10(15)17/h2-6H2,1H3,(H,14,17). The molecule has 1 saturated carbocycles. The minimum absolute atomic E-state index is 0.518. The highest BCUT2D eigenvalue weighted by Gasteiger charge is 2.32. The van der Waals surface area contributed by atoms with E-state index in [1.807, 2.05) is 6.92 Å². The summed E-state index contributed by atoms with van der Waals surface area (Å²) in [5, 5.41) is -0.518. The van der Waals surface area contributed by atoms with Crippen LogP contribution >= 0.6 is 11.6 Å². The molecule has 2 rings (SSSR count). The molecule has 1 N–H and O–H groups in total. The number of nitrogens with zero attached hydrogens (tertiary/aromatic N) is 1. The van der Waals surface area contributed by atoms with Gasteiger partial charge in [-0.3, -0.25) is 14.3 Å². The second-order valence-electron chi connectivity index (χ2n) is 4.76. The number of halogens is 2. The van der Waals surface area contributed by atoms with Crippen LogP contribution < -0.4 is 11.2 Å². The Morgan fingerprint density at radius 3 is 2.47 bits per heavy atom. The molecule has 4 nitrogen and oxygen atoms in total. The smallest absolute Gasteiger partial charge is 0.295 e. The molecule has 1 aliphatic rings. The third-order valence-corrected chi connectivity index (χ3v) is 3.73. The topological polar surface area (TPSA) is 54.9 Å². The molecule has 1 fully saturated rings. The predicted molar refractivity (Wildman–Crippen MR) is 63.0 cm³/mol. The Bertz CT molecular complexity index is 543. The first-order chi connectivity index (χ1) is 7.96. The van der Waals surface area contributed by atoms with E-state index in [-0.39, 0.29) is 0 Å². The number of hydrogen-bond donors (Lipinski definition) is 1. The van der Waals surface area contributed by atoms with Crippen molar-refractivity contribution in [2.24, 2.45) is 0 Å². The minimum atomic E-state index is -1.09. The fourth-order valence-electron chi connectivity index (χ4n) is 2.52. The molecule has 1 aromatic rings. The SMILES string of the molecule is CC1(n2c(=O)[nH]c(Cl)c(F)c2=O)CCCCC1. The Morgan fingerprint density at radius 2 is 1.88 bits per heavy atom. The maximum absolute atomic E-state index is 13.5. The Morgan fingerprint density at radius 1 is 1.29 bits per heavy atom. The highest BCUT2D eigenvalue weighted by Crippen LogP contribution is 2.32. The molecule has 0 aliphatic heterocycles. The first-order valence-electron chi connectivity index (χ1n) is 5.66. The summed E-state index contributed by atoms with van der Waals surface area (Å²) in [5.41, 5.74) is -2.16. The molecule has 1 aromatic heterocycles. The Labute approximate surface area is 102 Å². The van der Waals surface area contributed by atoms with Crippen molar-refractivity contribution in [2.75, 3.05) is 0 Å². The van der Waals surface area contributed by atoms with Gasteiger partial charge in [0.05, 0.1) is 0 Å². The lowest BCUT2D eigenvalue weighted by Gasteiger charge is -2.34. The Kier molecular flexibility index (Phi) is 3.12. The minimum Gasteiger partial charge on any atom is -0.295 e. The summed E-state index contributed by atoms with van der Waals surface area (Å²) in [6.45, 7) is 1.82. The molecule has 0 saturated heterocycles. The highest BCUT2D eigenvalue weighted by molar-refractivity contribution is 6.29. The van der Waals surface area contributed by atoms with Gasteiger partial charge in [0, 0.05) is 5.54 Å². The van der Waals surface area contributed by atoms with Crippen LogP contribution in [0.25, 0.3) is 0 Å². The first-order valence-corrected chi connectivity index (χ1v) is 6.04. The summed E-state index contributed by atoms with van der Waals surface area (Å²) >= 11 is 5.43. The lowest BCUT2D eigenvalue weighted by atomic mass is 9.83. The summed E-state index contributed by atoms with van der Waals surface area (Å²) < 4.78 is 14.4. The molecule has 1 aliphatic carbocycles. The second-order valence-corrected chi connectivity index (χ2v) is 5.13. The molecule has 94 valence electrons. The lowest BCUT2D eigenvalue weighted by molar-refractivity contribution is 0.201. The van der Waals surface area contributed by atoms with Gasteiger partial charge < -0.3 is 0 Å². The van der Waals surface area contributed by atoms with Crippen molar-refractivity contribution in [3.05, 3.63) is 31.8 Å². The zero-order valence-electron chi connectivity index (χ0n) is 9.56. The normalized spacial score (nSPS) is 19.2. The van der Waals surface area contributed by atoms with Gasteiger partial charge in [-0.25, -0.2) is 4.79 Å². The molecule has 6 heteroatoms. The van der Waals surface area contributed by atoms with Crippen LogP contribution in [0.5, 0.6) is 0 Å². The van der Waals surface area contributed by atoms with Gasteiger partial charge in [0.15, 0.2) is 5.15 Å². The predicted octanol–water partition coefficient (Wildman–Crippen LogP) is 2.01. The summed E-state index contributed by atoms with van der Waals surface area (Å²) in [5.74, 6) is -1.09. The number of hydrogen-bond acceptors (Lipinski definition) is 2. The number of aromatic nitrogens is 2. The highest BCUT2D eigenvalue weighted by atomic mass is 35.5. The third kappa shape index (κ3) is 2.04. The van der Waals surface area contributed by atoms with Gasteiger partial charge in [0.1, 0.15) is 0 Å². The summed E-state index contributed by atoms with van der Waals surface area (Å²) in [7, 11) is 0. The van der Waals surface area contributed by atoms with E-state index < -0.39 is 27.8 Å². The van der Waals surface area contributed by atoms with Gasteiger partial charge in [-0.15, -0.1) is 0 Å². The molecule has 0 spiro atoms. The van der Waals surface area contributed by atoms with E-state index >= 15 is 0 Å². The van der Waals surface area contributed by atoms with Crippen LogP contribution in [0, 0.1) is 5.82 Å². The van der Waals surface area contributed by atoms with Gasteiger partial charge in [-0.2, -0.15) is 4.39 Å². The van der Waals surface area contributed by atoms with E-state index in [2.05, 4.69) is 4.98 Å². The van der Waals surface area contributed by atoms with Gasteiger partial charge in [0.2, 0.25) is 5.82 Å². The van der Waals surface area contributed by atoms with Gasteiger partial charge in [0.25, 0.3) is 5.56 Å². The largest absolute Gasteiger partial charge is 0.330 e. The summed E-state index contributed by atoms with van der Waals surface area (Å²) in [6.07, 6.45) is 4.37. The van der Waals surface area contributed by atoms with Crippen molar-refractivity contribution in [1.29, 1.82) is 0 Å². The number of aromatic amines is 1. The number of H-pyrrole nitrogens is 1. The van der Waals surface area contributed by atoms with E-state index in [9.17, 15) is 14.0 Å². The van der Waals surface area contributed by atoms with Crippen LogP contribution in [-0.2, 0) is 5.54 Å². The zero-order chi connectivity index (χ0) is 12.6. The quantitative estimate of drug-likeness (QED) is 0.786. The van der Waals surface area contributed by atoms with Crippen LogP contribution in [0.2, 0.25) is 5.15 Å². The molecular weight excluding hydrogens is 247 g/mol. The molecule has 0 aromatic carbocycles. The lowest BCUT2D eigenvalue weighted by Crippen LogP contribution is -2.49. The Hall–Kier alpha value is -1.10. The molecule has 0 amide bonds. The number of nitrogens with one attached hydrogen (secondary N) is 1. The van der Waals surface area contributed by atoms with Crippen molar-refractivity contribution in [1.82, 2.24) is 9.55 Å². The number of rotatable bonds is 1. The molecule has 0 radical (unpaired) electrons. The van der Waals surface area contributed by atoms with Crippen molar-refractivity contribution in [2.45, 2.75) is 44.6 Å². The molecule has 0 unspecified atom stereocenters.